The number of rotatable bonds is 8. The van der Waals surface area contributed by atoms with Crippen molar-refractivity contribution >= 4 is 23.6 Å². The SMILES string of the molecule is COc1cccc(C(=O)c2ccc(C(=O)Oc3cccc(C(=O)NCC(N)=O)c3)cc2)c1. The summed E-state index contributed by atoms with van der Waals surface area (Å²) in [6, 6.07) is 18.8. The normalized spacial score (nSPS) is 10.2. The van der Waals surface area contributed by atoms with Gasteiger partial charge in [0.15, 0.2) is 5.78 Å². The summed E-state index contributed by atoms with van der Waals surface area (Å²) < 4.78 is 10.5. The lowest BCUT2D eigenvalue weighted by Crippen LogP contribution is -2.33. The Balaban J connectivity index is 1.68. The van der Waals surface area contributed by atoms with E-state index in [2.05, 4.69) is 5.32 Å². The summed E-state index contributed by atoms with van der Waals surface area (Å²) in [5, 5.41) is 2.35. The molecule has 0 heterocycles. The predicted octanol–water partition coefficient (Wildman–Crippen LogP) is 2.36. The van der Waals surface area contributed by atoms with Gasteiger partial charge in [0.25, 0.3) is 5.91 Å². The van der Waals surface area contributed by atoms with Gasteiger partial charge in [-0.2, -0.15) is 0 Å². The van der Waals surface area contributed by atoms with Crippen molar-refractivity contribution in [3.05, 3.63) is 95.1 Å². The first kappa shape index (κ1) is 22.2. The average Bonchev–Trinajstić information content (AvgIpc) is 2.82. The van der Waals surface area contributed by atoms with E-state index in [4.69, 9.17) is 15.2 Å². The van der Waals surface area contributed by atoms with Crippen LogP contribution in [0.25, 0.3) is 0 Å². The summed E-state index contributed by atoms with van der Waals surface area (Å²) in [6.07, 6.45) is 0. The molecular weight excluding hydrogens is 412 g/mol. The number of primary amides is 1. The highest BCUT2D eigenvalue weighted by atomic mass is 16.5. The maximum Gasteiger partial charge on any atom is 0.343 e. The van der Waals surface area contributed by atoms with Crippen LogP contribution in [0.2, 0.25) is 0 Å². The summed E-state index contributed by atoms with van der Waals surface area (Å²) >= 11 is 0. The third-order valence-corrected chi connectivity index (χ3v) is 4.44. The zero-order valence-corrected chi connectivity index (χ0v) is 17.2. The number of ether oxygens (including phenoxy) is 2. The highest BCUT2D eigenvalue weighted by molar-refractivity contribution is 6.09. The summed E-state index contributed by atoms with van der Waals surface area (Å²) in [4.78, 5) is 47.9. The highest BCUT2D eigenvalue weighted by Crippen LogP contribution is 2.18. The molecule has 0 aliphatic carbocycles. The molecule has 32 heavy (non-hydrogen) atoms. The number of carbonyl (C=O) groups excluding carboxylic acids is 4. The van der Waals surface area contributed by atoms with Gasteiger partial charge in [-0.1, -0.05) is 30.3 Å². The molecule has 0 spiro atoms. The van der Waals surface area contributed by atoms with Crippen molar-refractivity contribution in [2.45, 2.75) is 0 Å². The van der Waals surface area contributed by atoms with Crippen molar-refractivity contribution in [2.75, 3.05) is 13.7 Å². The number of benzene rings is 3. The number of hydrogen-bond donors (Lipinski definition) is 2. The first-order valence-electron chi connectivity index (χ1n) is 9.55. The fourth-order valence-electron chi connectivity index (χ4n) is 2.82. The first-order valence-corrected chi connectivity index (χ1v) is 9.55. The van der Waals surface area contributed by atoms with E-state index in [1.807, 2.05) is 0 Å². The van der Waals surface area contributed by atoms with Crippen LogP contribution in [-0.2, 0) is 4.79 Å². The van der Waals surface area contributed by atoms with Crippen LogP contribution >= 0.6 is 0 Å². The molecule has 3 N–H and O–H groups in total. The van der Waals surface area contributed by atoms with E-state index < -0.39 is 17.8 Å². The van der Waals surface area contributed by atoms with Gasteiger partial charge in [-0.3, -0.25) is 14.4 Å². The lowest BCUT2D eigenvalue weighted by Gasteiger charge is -2.08. The summed E-state index contributed by atoms with van der Waals surface area (Å²) in [7, 11) is 1.52. The maximum atomic E-state index is 12.6. The molecule has 0 bridgehead atoms. The number of nitrogens with one attached hydrogen (secondary N) is 1. The van der Waals surface area contributed by atoms with Crippen LogP contribution in [0.15, 0.2) is 72.8 Å². The predicted molar refractivity (Wildman–Crippen MR) is 116 cm³/mol. The number of methoxy groups -OCH3 is 1. The summed E-state index contributed by atoms with van der Waals surface area (Å²) in [6.45, 7) is -0.302. The quantitative estimate of drug-likeness (QED) is 0.320. The molecular formula is C24H20N2O6. The number of carbonyl (C=O) groups is 4. The van der Waals surface area contributed by atoms with Crippen LogP contribution in [0.1, 0.15) is 36.6 Å². The number of ketones is 1. The largest absolute Gasteiger partial charge is 0.497 e. The fourth-order valence-corrected chi connectivity index (χ4v) is 2.82. The molecule has 0 radical (unpaired) electrons. The molecule has 0 saturated heterocycles. The Morgan fingerprint density at radius 3 is 2.03 bits per heavy atom. The van der Waals surface area contributed by atoms with Crippen LogP contribution in [0, 0.1) is 0 Å². The Hall–Kier alpha value is -4.46. The van der Waals surface area contributed by atoms with Crippen LogP contribution in [0.5, 0.6) is 11.5 Å². The van der Waals surface area contributed by atoms with E-state index in [0.29, 0.717) is 16.9 Å². The highest BCUT2D eigenvalue weighted by Gasteiger charge is 2.14. The second-order valence-electron chi connectivity index (χ2n) is 6.70. The minimum atomic E-state index is -0.672. The van der Waals surface area contributed by atoms with Gasteiger partial charge in [0.2, 0.25) is 5.91 Å². The van der Waals surface area contributed by atoms with E-state index in [1.54, 1.807) is 24.3 Å². The van der Waals surface area contributed by atoms with Gasteiger partial charge >= 0.3 is 5.97 Å². The molecule has 8 nitrogen and oxygen atoms in total. The Bertz CT molecular complexity index is 1170. The van der Waals surface area contributed by atoms with Crippen LogP contribution in [-0.4, -0.2) is 37.2 Å². The molecule has 0 aromatic heterocycles. The second-order valence-corrected chi connectivity index (χ2v) is 6.70. The maximum absolute atomic E-state index is 12.6. The molecule has 0 aliphatic heterocycles. The van der Waals surface area contributed by atoms with Gasteiger partial charge in [0, 0.05) is 16.7 Å². The van der Waals surface area contributed by atoms with E-state index in [1.165, 1.54) is 55.6 Å². The third kappa shape index (κ3) is 5.57. The van der Waals surface area contributed by atoms with Gasteiger partial charge in [-0.15, -0.1) is 0 Å². The van der Waals surface area contributed by atoms with E-state index >= 15 is 0 Å². The Labute approximate surface area is 183 Å². The molecule has 162 valence electrons. The minimum Gasteiger partial charge on any atom is -0.497 e. The monoisotopic (exact) mass is 432 g/mol. The molecule has 0 fully saturated rings. The third-order valence-electron chi connectivity index (χ3n) is 4.44. The topological polar surface area (TPSA) is 125 Å². The molecule has 0 saturated carbocycles. The van der Waals surface area contributed by atoms with Gasteiger partial charge in [0.05, 0.1) is 19.2 Å². The minimum absolute atomic E-state index is 0.151. The zero-order chi connectivity index (χ0) is 23.1. The standard InChI is InChI=1S/C24H20N2O6/c1-31-19-6-2-4-17(12-19)22(28)15-8-10-16(11-9-15)24(30)32-20-7-3-5-18(13-20)23(29)26-14-21(25)27/h2-13H,14H2,1H3,(H2,25,27)(H,26,29). The molecule has 3 aromatic rings. The van der Waals surface area contributed by atoms with Gasteiger partial charge < -0.3 is 20.5 Å². The second kappa shape index (κ2) is 10.0. The molecule has 0 aliphatic rings. The smallest absolute Gasteiger partial charge is 0.343 e. The molecule has 3 rings (SSSR count). The van der Waals surface area contributed by atoms with Crippen molar-refractivity contribution in [1.82, 2.24) is 5.32 Å². The molecule has 3 aromatic carbocycles. The lowest BCUT2D eigenvalue weighted by atomic mass is 10.0. The number of hydrogen-bond acceptors (Lipinski definition) is 6. The summed E-state index contributed by atoms with van der Waals surface area (Å²) in [5.41, 5.74) is 6.31. The van der Waals surface area contributed by atoms with Gasteiger partial charge in [0.1, 0.15) is 11.5 Å². The van der Waals surface area contributed by atoms with Crippen molar-refractivity contribution in [2.24, 2.45) is 5.73 Å². The molecule has 2 amide bonds. The molecule has 8 heteroatoms. The van der Waals surface area contributed by atoms with Gasteiger partial charge in [-0.05, 0) is 42.5 Å². The van der Waals surface area contributed by atoms with Gasteiger partial charge in [-0.25, -0.2) is 4.79 Å². The van der Waals surface area contributed by atoms with E-state index in [9.17, 15) is 19.2 Å². The van der Waals surface area contributed by atoms with Crippen molar-refractivity contribution in [3.63, 3.8) is 0 Å². The van der Waals surface area contributed by atoms with E-state index in [0.717, 1.165) is 0 Å². The fraction of sp³-hybridized carbons (Fsp3) is 0.0833. The van der Waals surface area contributed by atoms with Crippen LogP contribution in [0.3, 0.4) is 0 Å². The van der Waals surface area contributed by atoms with Crippen LogP contribution < -0.4 is 20.5 Å². The summed E-state index contributed by atoms with van der Waals surface area (Å²) in [5.74, 6) is -1.34. The molecule has 0 atom stereocenters. The number of nitrogens with two attached hydrogens (primary N) is 1. The van der Waals surface area contributed by atoms with Crippen molar-refractivity contribution in [3.8, 4) is 11.5 Å². The molecule has 0 unspecified atom stereocenters. The Morgan fingerprint density at radius 2 is 1.38 bits per heavy atom. The number of amides is 2. The van der Waals surface area contributed by atoms with Crippen molar-refractivity contribution in [1.29, 1.82) is 0 Å². The Kier molecular flexibility index (Phi) is 6.97. The zero-order valence-electron chi connectivity index (χ0n) is 17.2. The van der Waals surface area contributed by atoms with Crippen LogP contribution in [0.4, 0.5) is 0 Å². The number of esters is 1. The average molecular weight is 432 g/mol. The Morgan fingerprint density at radius 1 is 0.781 bits per heavy atom. The van der Waals surface area contributed by atoms with Crippen molar-refractivity contribution < 1.29 is 28.7 Å². The van der Waals surface area contributed by atoms with E-state index in [-0.39, 0.29) is 29.2 Å². The lowest BCUT2D eigenvalue weighted by molar-refractivity contribution is -0.117. The first-order chi connectivity index (χ1) is 15.4.